The number of nitrogens with one attached hydrogen (secondary N) is 1. The van der Waals surface area contributed by atoms with E-state index >= 15 is 0 Å². The first-order valence-electron chi connectivity index (χ1n) is 8.84. The molecule has 142 valence electrons. The molecule has 0 saturated carbocycles. The van der Waals surface area contributed by atoms with Crippen molar-refractivity contribution >= 4 is 22.7 Å². The van der Waals surface area contributed by atoms with Crippen LogP contribution in [0.2, 0.25) is 0 Å². The van der Waals surface area contributed by atoms with Crippen LogP contribution in [0.5, 0.6) is 5.75 Å². The number of amides is 1. The lowest BCUT2D eigenvalue weighted by Crippen LogP contribution is -2.33. The number of aryl methyl sites for hydroxylation is 2. The van der Waals surface area contributed by atoms with Gasteiger partial charge in [-0.2, -0.15) is 5.10 Å². The van der Waals surface area contributed by atoms with E-state index in [2.05, 4.69) is 10.4 Å². The van der Waals surface area contributed by atoms with Gasteiger partial charge in [-0.25, -0.2) is 0 Å². The van der Waals surface area contributed by atoms with Crippen LogP contribution >= 0.6 is 0 Å². The van der Waals surface area contributed by atoms with E-state index in [1.165, 1.54) is 0 Å². The van der Waals surface area contributed by atoms with Gasteiger partial charge in [-0.3, -0.25) is 14.3 Å². The largest absolute Gasteiger partial charge is 0.490 e. The van der Waals surface area contributed by atoms with Gasteiger partial charge in [0, 0.05) is 18.1 Å². The zero-order valence-corrected chi connectivity index (χ0v) is 16.1. The molecule has 0 aliphatic carbocycles. The maximum Gasteiger partial charge on any atom is 0.293 e. The number of benzene rings is 1. The highest BCUT2D eigenvalue weighted by atomic mass is 16.5. The molecule has 0 aliphatic rings. The minimum absolute atomic E-state index is 0.338. The lowest BCUT2D eigenvalue weighted by atomic mass is 10.1. The SMILES string of the molecule is CCOc1cccc2cc(C(C)NC(=O)C(=O)c3c(C)nn(C)c3C)oc12. The highest BCUT2D eigenvalue weighted by molar-refractivity contribution is 6.43. The Morgan fingerprint density at radius 3 is 2.70 bits per heavy atom. The summed E-state index contributed by atoms with van der Waals surface area (Å²) in [5.74, 6) is -0.0846. The second-order valence-electron chi connectivity index (χ2n) is 6.45. The van der Waals surface area contributed by atoms with E-state index in [-0.39, 0.29) is 0 Å². The fraction of sp³-hybridized carbons (Fsp3) is 0.350. The fourth-order valence-electron chi connectivity index (χ4n) is 3.09. The van der Waals surface area contributed by atoms with Crippen molar-refractivity contribution in [1.29, 1.82) is 0 Å². The van der Waals surface area contributed by atoms with Crippen molar-refractivity contribution in [3.63, 3.8) is 0 Å². The molecule has 0 spiro atoms. The van der Waals surface area contributed by atoms with E-state index in [0.717, 1.165) is 5.39 Å². The van der Waals surface area contributed by atoms with Crippen molar-refractivity contribution in [2.75, 3.05) is 6.61 Å². The number of fused-ring (bicyclic) bond motifs is 1. The summed E-state index contributed by atoms with van der Waals surface area (Å²) in [7, 11) is 1.74. The first kappa shape index (κ1) is 18.7. The van der Waals surface area contributed by atoms with Crippen LogP contribution in [0.15, 0.2) is 28.7 Å². The van der Waals surface area contributed by atoms with Gasteiger partial charge in [0.25, 0.3) is 11.7 Å². The van der Waals surface area contributed by atoms with E-state index in [1.54, 1.807) is 32.5 Å². The normalized spacial score (nSPS) is 12.2. The molecule has 7 nitrogen and oxygen atoms in total. The molecule has 1 amide bonds. The Morgan fingerprint density at radius 2 is 2.07 bits per heavy atom. The van der Waals surface area contributed by atoms with Gasteiger partial charge in [-0.1, -0.05) is 12.1 Å². The van der Waals surface area contributed by atoms with Crippen molar-refractivity contribution in [1.82, 2.24) is 15.1 Å². The summed E-state index contributed by atoms with van der Waals surface area (Å²) in [6, 6.07) is 6.99. The first-order chi connectivity index (χ1) is 12.8. The number of hydrogen-bond donors (Lipinski definition) is 1. The number of para-hydroxylation sites is 1. The Bertz CT molecular complexity index is 1020. The molecule has 0 fully saturated rings. The molecule has 1 unspecified atom stereocenters. The molecule has 0 saturated heterocycles. The summed E-state index contributed by atoms with van der Waals surface area (Å²) in [4.78, 5) is 25.0. The lowest BCUT2D eigenvalue weighted by Gasteiger charge is -2.11. The van der Waals surface area contributed by atoms with Crippen LogP contribution in [-0.4, -0.2) is 28.1 Å². The summed E-state index contributed by atoms with van der Waals surface area (Å²) in [5, 5.41) is 7.78. The van der Waals surface area contributed by atoms with Crippen LogP contribution in [0.3, 0.4) is 0 Å². The molecule has 1 N–H and O–H groups in total. The lowest BCUT2D eigenvalue weighted by molar-refractivity contribution is -0.117. The average molecular weight is 369 g/mol. The fourth-order valence-corrected chi connectivity index (χ4v) is 3.09. The van der Waals surface area contributed by atoms with E-state index in [9.17, 15) is 9.59 Å². The van der Waals surface area contributed by atoms with Crippen molar-refractivity contribution in [3.8, 4) is 5.75 Å². The number of nitrogens with zero attached hydrogens (tertiary/aromatic N) is 2. The number of ether oxygens (including phenoxy) is 1. The zero-order chi connectivity index (χ0) is 19.7. The predicted molar refractivity (Wildman–Crippen MR) is 101 cm³/mol. The summed E-state index contributed by atoms with van der Waals surface area (Å²) < 4.78 is 13.0. The van der Waals surface area contributed by atoms with Crippen molar-refractivity contribution in [2.24, 2.45) is 7.05 Å². The number of furan rings is 1. The predicted octanol–water partition coefficient (Wildman–Crippen LogP) is 3.24. The highest BCUT2D eigenvalue weighted by Gasteiger charge is 2.26. The molecule has 2 heterocycles. The summed E-state index contributed by atoms with van der Waals surface area (Å²) >= 11 is 0. The van der Waals surface area contributed by atoms with Gasteiger partial charge < -0.3 is 14.5 Å². The highest BCUT2D eigenvalue weighted by Crippen LogP contribution is 2.31. The summed E-state index contributed by atoms with van der Waals surface area (Å²) in [6.07, 6.45) is 0. The summed E-state index contributed by atoms with van der Waals surface area (Å²) in [6.45, 7) is 7.68. The Kier molecular flexibility index (Phi) is 5.03. The number of carbonyl (C=O) groups is 2. The molecule has 1 aromatic carbocycles. The second kappa shape index (κ2) is 7.26. The van der Waals surface area contributed by atoms with Crippen molar-refractivity contribution in [2.45, 2.75) is 33.7 Å². The molecule has 0 aliphatic heterocycles. The van der Waals surface area contributed by atoms with Crippen LogP contribution in [-0.2, 0) is 11.8 Å². The average Bonchev–Trinajstić information content (AvgIpc) is 3.16. The molecule has 0 bridgehead atoms. The van der Waals surface area contributed by atoms with Crippen LogP contribution in [0.1, 0.15) is 47.4 Å². The number of Topliss-reactive ketones (excluding diaryl/α,β-unsaturated/α-hetero) is 1. The minimum Gasteiger partial charge on any atom is -0.490 e. The maximum absolute atomic E-state index is 12.6. The number of ketones is 1. The van der Waals surface area contributed by atoms with E-state index in [1.807, 2.05) is 31.2 Å². The molecule has 3 aromatic rings. The standard InChI is InChI=1S/C20H23N3O4/c1-6-26-15-9-7-8-14-10-16(27-19(14)15)11(2)21-20(25)18(24)17-12(3)22-23(5)13(17)4/h7-11H,6H2,1-5H3,(H,21,25). The third-order valence-corrected chi connectivity index (χ3v) is 4.54. The Hall–Kier alpha value is -3.09. The van der Waals surface area contributed by atoms with Crippen LogP contribution < -0.4 is 10.1 Å². The third-order valence-electron chi connectivity index (χ3n) is 4.54. The number of carbonyl (C=O) groups excluding carboxylic acids is 2. The number of hydrogen-bond acceptors (Lipinski definition) is 5. The Morgan fingerprint density at radius 1 is 1.33 bits per heavy atom. The van der Waals surface area contributed by atoms with Gasteiger partial charge >= 0.3 is 0 Å². The van der Waals surface area contributed by atoms with E-state index in [4.69, 9.17) is 9.15 Å². The van der Waals surface area contributed by atoms with Gasteiger partial charge in [-0.05, 0) is 39.8 Å². The van der Waals surface area contributed by atoms with Crippen LogP contribution in [0, 0.1) is 13.8 Å². The smallest absolute Gasteiger partial charge is 0.293 e. The molecule has 1 atom stereocenters. The Balaban J connectivity index is 1.81. The maximum atomic E-state index is 12.6. The monoisotopic (exact) mass is 369 g/mol. The minimum atomic E-state index is -0.688. The van der Waals surface area contributed by atoms with Gasteiger partial charge in [0.15, 0.2) is 11.3 Å². The topological polar surface area (TPSA) is 86.4 Å². The van der Waals surface area contributed by atoms with Crippen molar-refractivity contribution in [3.05, 3.63) is 47.0 Å². The molecular weight excluding hydrogens is 346 g/mol. The molecule has 7 heteroatoms. The van der Waals surface area contributed by atoms with Gasteiger partial charge in [0.05, 0.1) is 23.9 Å². The molecule has 2 aromatic heterocycles. The molecule has 0 radical (unpaired) electrons. The second-order valence-corrected chi connectivity index (χ2v) is 6.45. The molecular formula is C20H23N3O4. The van der Waals surface area contributed by atoms with E-state index in [0.29, 0.717) is 40.7 Å². The van der Waals surface area contributed by atoms with Crippen LogP contribution in [0.25, 0.3) is 11.0 Å². The van der Waals surface area contributed by atoms with Crippen LogP contribution in [0.4, 0.5) is 0 Å². The van der Waals surface area contributed by atoms with Gasteiger partial charge in [0.2, 0.25) is 0 Å². The molecule has 3 rings (SSSR count). The Labute approximate surface area is 157 Å². The zero-order valence-electron chi connectivity index (χ0n) is 16.1. The quantitative estimate of drug-likeness (QED) is 0.532. The van der Waals surface area contributed by atoms with E-state index < -0.39 is 17.7 Å². The summed E-state index contributed by atoms with van der Waals surface area (Å²) in [5.41, 5.74) is 2.16. The van der Waals surface area contributed by atoms with Gasteiger partial charge in [-0.15, -0.1) is 0 Å². The number of rotatable bonds is 6. The first-order valence-corrected chi connectivity index (χ1v) is 8.84. The third kappa shape index (κ3) is 3.45. The van der Waals surface area contributed by atoms with Gasteiger partial charge in [0.1, 0.15) is 5.76 Å². The van der Waals surface area contributed by atoms with Crippen molar-refractivity contribution < 1.29 is 18.7 Å². The molecule has 27 heavy (non-hydrogen) atoms. The number of aromatic nitrogens is 2.